The van der Waals surface area contributed by atoms with E-state index in [1.807, 2.05) is 0 Å². The van der Waals surface area contributed by atoms with Crippen molar-refractivity contribution in [1.29, 1.82) is 0 Å². The first-order chi connectivity index (χ1) is 3.83. The first kappa shape index (κ1) is 29.3. The fourth-order valence-electron chi connectivity index (χ4n) is 0. The standard InChI is InChI=1S/C3H5.I3.I2.H3P.W/c2*1-3-2;1-2;;/h1,3H,2H3;;;1H3;/q2*-1;;;. The van der Waals surface area contributed by atoms with Crippen LogP contribution in [-0.2, 0) is 21.1 Å². The van der Waals surface area contributed by atoms with Gasteiger partial charge in [0.15, 0.2) is 0 Å². The zero-order chi connectivity index (χ0) is 7.41. The van der Waals surface area contributed by atoms with Crippen molar-refractivity contribution in [3.63, 3.8) is 0 Å². The van der Waals surface area contributed by atoms with Crippen molar-refractivity contribution in [2.24, 2.45) is 0 Å². The SMILES string of the molecule is II.I[I-]I.P.[CH-]=CC.[W]. The fourth-order valence-corrected chi connectivity index (χ4v) is 0. The molecule has 0 aromatic carbocycles. The van der Waals surface area contributed by atoms with E-state index in [0.29, 0.717) is 13.3 Å². The molecule has 0 radical (unpaired) electrons. The van der Waals surface area contributed by atoms with Crippen molar-refractivity contribution in [2.45, 2.75) is 6.92 Å². The molecule has 0 saturated carbocycles. The van der Waals surface area contributed by atoms with Crippen LogP contribution in [0.5, 0.6) is 0 Å². The summed E-state index contributed by atoms with van der Waals surface area (Å²) in [6.07, 6.45) is 1.50. The van der Waals surface area contributed by atoms with Gasteiger partial charge in [0, 0.05) is 58.3 Å². The molecule has 0 rings (SSSR count). The molecule has 0 bridgehead atoms. The second-order valence-corrected chi connectivity index (χ2v) is 16.6. The van der Waals surface area contributed by atoms with E-state index in [9.17, 15) is 0 Å². The van der Waals surface area contributed by atoms with Crippen LogP contribution in [0.15, 0.2) is 6.08 Å². The molecular weight excluding hydrogens is 885 g/mol. The third-order valence-corrected chi connectivity index (χ3v) is 0. The van der Waals surface area contributed by atoms with Crippen molar-refractivity contribution in [3.05, 3.63) is 12.7 Å². The molecule has 10 heavy (non-hydrogen) atoms. The molecule has 0 N–H and O–H groups in total. The summed E-state index contributed by atoms with van der Waals surface area (Å²) in [5.41, 5.74) is 0. The van der Waals surface area contributed by atoms with E-state index >= 15 is 0 Å². The van der Waals surface area contributed by atoms with Crippen molar-refractivity contribution >= 4 is 84.4 Å². The van der Waals surface area contributed by atoms with Gasteiger partial charge in [-0.2, -0.15) is 9.90 Å². The van der Waals surface area contributed by atoms with Crippen LogP contribution in [0.1, 0.15) is 6.92 Å². The average molecular weight is 893 g/mol. The molecule has 0 aromatic heterocycles. The minimum atomic E-state index is 0. The normalized spacial score (nSPS) is 4.10. The maximum Gasteiger partial charge on any atom is 0 e. The number of hydrogen-bond acceptors (Lipinski definition) is 0. The zero-order valence-corrected chi connectivity index (χ0v) is 20.3. The number of rotatable bonds is 0. The molecule has 0 amide bonds. The van der Waals surface area contributed by atoms with Gasteiger partial charge in [-0.25, -0.2) is 0 Å². The Labute approximate surface area is 134 Å². The van der Waals surface area contributed by atoms with Gasteiger partial charge in [0.2, 0.25) is 0 Å². The van der Waals surface area contributed by atoms with Crippen LogP contribution in [0, 0.1) is 6.58 Å². The van der Waals surface area contributed by atoms with Crippen molar-refractivity contribution in [1.82, 2.24) is 0 Å². The monoisotopic (exact) mass is 894 g/mol. The van der Waals surface area contributed by atoms with Crippen molar-refractivity contribution in [2.75, 3.05) is 0 Å². The average Bonchev–Trinajstić information content (AvgIpc) is 1.75. The number of hydrogen-bond donors (Lipinski definition) is 0. The van der Waals surface area contributed by atoms with E-state index in [0.717, 1.165) is 0 Å². The summed E-state index contributed by atoms with van der Waals surface area (Å²) < 4.78 is 0. The first-order valence-corrected chi connectivity index (χ1v) is 20.2. The molecule has 0 saturated heterocycles. The van der Waals surface area contributed by atoms with E-state index in [2.05, 4.69) is 74.5 Å². The zero-order valence-electron chi connectivity index (χ0n) is 5.16. The predicted molar refractivity (Wildman–Crippen MR) is 81.7 cm³/mol. The molecule has 0 aromatic rings. The maximum atomic E-state index is 4.72. The summed E-state index contributed by atoms with van der Waals surface area (Å²) in [7, 11) is 0. The smallest absolute Gasteiger partial charge is 0 e. The molecule has 0 fully saturated rings. The predicted octanol–water partition coefficient (Wildman–Crippen LogP) is 1.60. The van der Waals surface area contributed by atoms with Crippen molar-refractivity contribution in [3.8, 4) is 0 Å². The van der Waals surface area contributed by atoms with Gasteiger partial charge >= 0.3 is 50.5 Å². The summed E-state index contributed by atoms with van der Waals surface area (Å²) in [5, 5.41) is 0. The molecule has 0 aliphatic carbocycles. The van der Waals surface area contributed by atoms with Gasteiger partial charge in [-0.05, 0) is 0 Å². The third kappa shape index (κ3) is 81.5. The summed E-state index contributed by atoms with van der Waals surface area (Å²) >= 11 is 9.54. The Balaban J connectivity index is -0.0000000116. The fraction of sp³-hybridized carbons (Fsp3) is 0.333. The van der Waals surface area contributed by atoms with E-state index in [4.69, 9.17) is 6.58 Å². The van der Waals surface area contributed by atoms with Gasteiger partial charge in [0.25, 0.3) is 0 Å². The second-order valence-electron chi connectivity index (χ2n) is 0.387. The van der Waals surface area contributed by atoms with Gasteiger partial charge in [-0.15, -0.1) is 0 Å². The largest absolute Gasteiger partial charge is 0.518 e. The third-order valence-electron chi connectivity index (χ3n) is 0. The van der Waals surface area contributed by atoms with Crippen LogP contribution in [-0.4, -0.2) is 0 Å². The number of halogens is 5. The van der Waals surface area contributed by atoms with Crippen LogP contribution in [0.2, 0.25) is 0 Å². The topological polar surface area (TPSA) is 0 Å². The van der Waals surface area contributed by atoms with Crippen LogP contribution in [0.25, 0.3) is 0 Å². The molecule has 7 heteroatoms. The summed E-state index contributed by atoms with van der Waals surface area (Å²) in [6, 6.07) is 0. The summed E-state index contributed by atoms with van der Waals surface area (Å²) in [6.45, 7) is 6.50. The Morgan fingerprint density at radius 3 is 1.30 bits per heavy atom. The first-order valence-electron chi connectivity index (χ1n) is 1.34. The Kier molecular flexibility index (Phi) is 146. The quantitative estimate of drug-likeness (QED) is 0.197. The summed E-state index contributed by atoms with van der Waals surface area (Å²) in [5.74, 6) is 0. The van der Waals surface area contributed by atoms with Crippen LogP contribution in [0.3, 0.4) is 0 Å². The van der Waals surface area contributed by atoms with Crippen molar-refractivity contribution < 1.29 is 34.3 Å². The molecule has 1 unspecified atom stereocenters. The minimum absolute atomic E-state index is 0. The van der Waals surface area contributed by atoms with Gasteiger partial charge in [0.1, 0.15) is 0 Å². The molecule has 0 aliphatic rings. The Morgan fingerprint density at radius 1 is 1.30 bits per heavy atom. The van der Waals surface area contributed by atoms with Crippen LogP contribution < -0.4 is 13.3 Å². The molecule has 0 heterocycles. The molecule has 1 atom stereocenters. The minimum Gasteiger partial charge on any atom is -0.518 e. The van der Waals surface area contributed by atoms with Gasteiger partial charge in [-0.3, -0.25) is 6.08 Å². The van der Waals surface area contributed by atoms with Gasteiger partial charge < -0.3 is 6.58 Å². The Hall–Kier alpha value is 4.51. The molecular formula is C3H8I5PW-2. The van der Waals surface area contributed by atoms with E-state index in [1.165, 1.54) is 6.08 Å². The maximum absolute atomic E-state index is 4.72. The Bertz CT molecular complexity index is 30.9. The molecule has 0 spiro atoms. The van der Waals surface area contributed by atoms with E-state index in [-0.39, 0.29) is 31.0 Å². The van der Waals surface area contributed by atoms with Gasteiger partial charge in [-0.1, -0.05) is 6.92 Å². The second kappa shape index (κ2) is 49.9. The van der Waals surface area contributed by atoms with E-state index in [1.54, 1.807) is 6.92 Å². The van der Waals surface area contributed by atoms with Gasteiger partial charge in [0.05, 0.1) is 0 Å². The summed E-state index contributed by atoms with van der Waals surface area (Å²) in [4.78, 5) is 0. The Morgan fingerprint density at radius 2 is 1.30 bits per heavy atom. The van der Waals surface area contributed by atoms with Crippen LogP contribution >= 0.6 is 84.4 Å². The number of allylic oxidation sites excluding steroid dienone is 1. The molecule has 0 aliphatic heterocycles. The van der Waals surface area contributed by atoms with Crippen LogP contribution in [0.4, 0.5) is 0 Å². The van der Waals surface area contributed by atoms with E-state index < -0.39 is 0 Å². The molecule has 0 nitrogen and oxygen atoms in total. The molecule has 68 valence electrons.